The Hall–Kier alpha value is -3.25. The fourth-order valence-corrected chi connectivity index (χ4v) is 4.86. The Morgan fingerprint density at radius 1 is 1.22 bits per heavy atom. The number of nitro benzene ring substituents is 1. The van der Waals surface area contributed by atoms with E-state index in [1.54, 1.807) is 43.4 Å². The molecule has 1 fully saturated rings. The first-order valence-corrected chi connectivity index (χ1v) is 11.9. The molecule has 0 N–H and O–H groups in total. The summed E-state index contributed by atoms with van der Waals surface area (Å²) in [5.41, 5.74) is 1.15. The molecule has 1 aromatic heterocycles. The van der Waals surface area contributed by atoms with Crippen LogP contribution >= 0.6 is 23.7 Å². The van der Waals surface area contributed by atoms with Crippen LogP contribution in [-0.4, -0.2) is 74.3 Å². The Labute approximate surface area is 218 Å². The summed E-state index contributed by atoms with van der Waals surface area (Å²) in [6, 6.07) is 9.73. The van der Waals surface area contributed by atoms with Crippen LogP contribution in [0.4, 0.5) is 10.8 Å². The van der Waals surface area contributed by atoms with Crippen LogP contribution in [0.1, 0.15) is 5.56 Å². The molecule has 0 spiro atoms. The summed E-state index contributed by atoms with van der Waals surface area (Å²) >= 11 is 1.35. The molecule has 2 heterocycles. The lowest BCUT2D eigenvalue weighted by molar-refractivity contribution is -0.384. The van der Waals surface area contributed by atoms with Crippen molar-refractivity contribution in [3.05, 3.63) is 58.2 Å². The molecule has 4 rings (SSSR count). The number of ether oxygens (including phenoxy) is 3. The summed E-state index contributed by atoms with van der Waals surface area (Å²) in [6.45, 7) is 4.00. The van der Waals surface area contributed by atoms with Crippen LogP contribution in [0.3, 0.4) is 0 Å². The number of hydrogen-bond donors (Lipinski definition) is 0. The van der Waals surface area contributed by atoms with Gasteiger partial charge in [0.05, 0.1) is 32.4 Å². The molecule has 0 aliphatic carbocycles. The quantitative estimate of drug-likeness (QED) is 0.230. The third kappa shape index (κ3) is 6.30. The second kappa shape index (κ2) is 12.6. The number of morpholine rings is 1. The van der Waals surface area contributed by atoms with E-state index in [2.05, 4.69) is 4.90 Å². The highest BCUT2D eigenvalue weighted by Crippen LogP contribution is 2.40. The molecule has 192 valence electrons. The maximum absolute atomic E-state index is 13.4. The minimum atomic E-state index is -0.463. The molecule has 1 aliphatic heterocycles. The molecule has 36 heavy (non-hydrogen) atoms. The van der Waals surface area contributed by atoms with E-state index in [9.17, 15) is 14.9 Å². The number of nitro groups is 1. The van der Waals surface area contributed by atoms with Gasteiger partial charge in [0.25, 0.3) is 11.6 Å². The average molecular weight is 535 g/mol. The van der Waals surface area contributed by atoms with E-state index in [4.69, 9.17) is 19.2 Å². The number of halogens is 1. The van der Waals surface area contributed by atoms with Gasteiger partial charge >= 0.3 is 0 Å². The highest BCUT2D eigenvalue weighted by atomic mass is 35.5. The fraction of sp³-hybridized carbons (Fsp3) is 0.333. The lowest BCUT2D eigenvalue weighted by Crippen LogP contribution is -2.42. The molecular weight excluding hydrogens is 508 g/mol. The molecule has 2 aromatic carbocycles. The number of amides is 1. The van der Waals surface area contributed by atoms with Crippen molar-refractivity contribution < 1.29 is 23.9 Å². The van der Waals surface area contributed by atoms with Gasteiger partial charge in [-0.25, -0.2) is 4.98 Å². The number of aromatic nitrogens is 1. The zero-order valence-corrected chi connectivity index (χ0v) is 21.5. The van der Waals surface area contributed by atoms with E-state index in [0.717, 1.165) is 17.8 Å². The van der Waals surface area contributed by atoms with Crippen LogP contribution < -0.4 is 14.4 Å². The first-order valence-electron chi connectivity index (χ1n) is 11.1. The Bertz CT molecular complexity index is 1200. The van der Waals surface area contributed by atoms with Gasteiger partial charge in [-0.05, 0) is 23.8 Å². The molecule has 0 bridgehead atoms. The van der Waals surface area contributed by atoms with Crippen molar-refractivity contribution in [3.8, 4) is 11.5 Å². The first-order chi connectivity index (χ1) is 17.0. The highest BCUT2D eigenvalue weighted by Gasteiger charge is 2.22. The van der Waals surface area contributed by atoms with E-state index in [-0.39, 0.29) is 24.0 Å². The maximum atomic E-state index is 13.4. The Morgan fingerprint density at radius 2 is 1.94 bits per heavy atom. The van der Waals surface area contributed by atoms with Gasteiger partial charge in [0.1, 0.15) is 21.7 Å². The largest absolute Gasteiger partial charge is 0.495 e. The number of hydrogen-bond acceptors (Lipinski definition) is 9. The molecule has 1 aliphatic rings. The molecule has 3 aromatic rings. The molecular formula is C24H27ClN4O6S. The summed E-state index contributed by atoms with van der Waals surface area (Å²) in [5, 5.41) is 11.6. The van der Waals surface area contributed by atoms with Crippen LogP contribution in [0.5, 0.6) is 11.5 Å². The minimum absolute atomic E-state index is 0. The number of rotatable bonds is 9. The second-order valence-corrected chi connectivity index (χ2v) is 8.75. The van der Waals surface area contributed by atoms with Gasteiger partial charge in [-0.15, -0.1) is 12.4 Å². The summed E-state index contributed by atoms with van der Waals surface area (Å²) in [7, 11) is 3.16. The van der Waals surface area contributed by atoms with E-state index in [1.165, 1.54) is 29.5 Å². The van der Waals surface area contributed by atoms with Crippen molar-refractivity contribution >= 4 is 56.8 Å². The standard InChI is InChI=1S/C24H26N4O6S.ClH/c1-32-19-7-8-20(33-2)23-22(19)25-24(35-23)27(11-10-26-12-14-34-15-13-26)21(29)9-6-17-4-3-5-18(16-17)28(30)31;/h3-9,16H,10-15H2,1-2H3;1H. The lowest BCUT2D eigenvalue weighted by Gasteiger charge is -2.28. The van der Waals surface area contributed by atoms with Crippen molar-refractivity contribution in [2.45, 2.75) is 0 Å². The van der Waals surface area contributed by atoms with Crippen LogP contribution in [0.15, 0.2) is 42.5 Å². The van der Waals surface area contributed by atoms with Gasteiger partial charge in [-0.1, -0.05) is 23.5 Å². The number of carbonyl (C=O) groups is 1. The number of nitrogens with zero attached hydrogens (tertiary/aromatic N) is 4. The molecule has 10 nitrogen and oxygen atoms in total. The topological polar surface area (TPSA) is 107 Å². The number of fused-ring (bicyclic) bond motifs is 1. The monoisotopic (exact) mass is 534 g/mol. The zero-order chi connectivity index (χ0) is 24.8. The molecule has 1 saturated heterocycles. The fourth-order valence-electron chi connectivity index (χ4n) is 3.76. The molecule has 1 amide bonds. The van der Waals surface area contributed by atoms with Crippen LogP contribution in [0, 0.1) is 10.1 Å². The third-order valence-electron chi connectivity index (χ3n) is 5.64. The van der Waals surface area contributed by atoms with Gasteiger partial charge in [0.2, 0.25) is 0 Å². The predicted octanol–water partition coefficient (Wildman–Crippen LogP) is 4.02. The molecule has 0 radical (unpaired) electrons. The van der Waals surface area contributed by atoms with E-state index in [1.807, 2.05) is 6.07 Å². The number of non-ortho nitro benzene ring substituents is 1. The summed E-state index contributed by atoms with van der Waals surface area (Å²) < 4.78 is 17.2. The van der Waals surface area contributed by atoms with E-state index in [0.29, 0.717) is 54.0 Å². The van der Waals surface area contributed by atoms with Gasteiger partial charge in [0, 0.05) is 44.4 Å². The summed E-state index contributed by atoms with van der Waals surface area (Å²) in [5.74, 6) is 0.968. The van der Waals surface area contributed by atoms with Crippen molar-refractivity contribution in [1.82, 2.24) is 9.88 Å². The van der Waals surface area contributed by atoms with Crippen LogP contribution in [-0.2, 0) is 9.53 Å². The van der Waals surface area contributed by atoms with Crippen molar-refractivity contribution in [2.24, 2.45) is 0 Å². The van der Waals surface area contributed by atoms with E-state index >= 15 is 0 Å². The normalized spacial score (nSPS) is 13.9. The van der Waals surface area contributed by atoms with Gasteiger partial charge in [-0.3, -0.25) is 24.7 Å². The third-order valence-corrected chi connectivity index (χ3v) is 6.73. The Kier molecular flexibility index (Phi) is 9.59. The van der Waals surface area contributed by atoms with Gasteiger partial charge in [-0.2, -0.15) is 0 Å². The highest BCUT2D eigenvalue weighted by molar-refractivity contribution is 7.22. The molecule has 0 unspecified atom stereocenters. The molecule has 0 saturated carbocycles. The predicted molar refractivity (Wildman–Crippen MR) is 142 cm³/mol. The van der Waals surface area contributed by atoms with Crippen LogP contribution in [0.2, 0.25) is 0 Å². The molecule has 0 atom stereocenters. The number of thiazole rings is 1. The Morgan fingerprint density at radius 3 is 2.64 bits per heavy atom. The number of carbonyl (C=O) groups excluding carboxylic acids is 1. The smallest absolute Gasteiger partial charge is 0.270 e. The second-order valence-electron chi connectivity index (χ2n) is 7.77. The summed E-state index contributed by atoms with van der Waals surface area (Å²) in [4.78, 5) is 32.6. The summed E-state index contributed by atoms with van der Waals surface area (Å²) in [6.07, 6.45) is 2.99. The van der Waals surface area contributed by atoms with Crippen molar-refractivity contribution in [3.63, 3.8) is 0 Å². The average Bonchev–Trinajstić information content (AvgIpc) is 3.33. The Balaban J connectivity index is 0.00000361. The zero-order valence-electron chi connectivity index (χ0n) is 19.9. The minimum Gasteiger partial charge on any atom is -0.495 e. The number of benzene rings is 2. The number of anilines is 1. The van der Waals surface area contributed by atoms with Crippen molar-refractivity contribution in [2.75, 3.05) is 58.5 Å². The van der Waals surface area contributed by atoms with Gasteiger partial charge in [0.15, 0.2) is 5.13 Å². The van der Waals surface area contributed by atoms with Crippen molar-refractivity contribution in [1.29, 1.82) is 0 Å². The first kappa shape index (κ1) is 27.3. The maximum Gasteiger partial charge on any atom is 0.270 e. The van der Waals surface area contributed by atoms with Crippen LogP contribution in [0.25, 0.3) is 16.3 Å². The van der Waals surface area contributed by atoms with E-state index < -0.39 is 4.92 Å². The number of methoxy groups -OCH3 is 2. The van der Waals surface area contributed by atoms with Gasteiger partial charge < -0.3 is 14.2 Å². The molecule has 12 heteroatoms. The SMILES string of the molecule is COc1ccc(OC)c2sc(N(CCN3CCOCC3)C(=O)C=Cc3cccc([N+](=O)[O-])c3)nc12.Cl. The lowest BCUT2D eigenvalue weighted by atomic mass is 10.2.